The van der Waals surface area contributed by atoms with Crippen molar-refractivity contribution >= 4 is 23.2 Å². The van der Waals surface area contributed by atoms with Crippen molar-refractivity contribution in [1.82, 2.24) is 5.32 Å². The molecule has 0 aliphatic carbocycles. The first-order valence-corrected chi connectivity index (χ1v) is 7.18. The number of nitrogens with one attached hydrogen (secondary N) is 1. The summed E-state index contributed by atoms with van der Waals surface area (Å²) in [6.07, 6.45) is 1.66. The first kappa shape index (κ1) is 15.2. The minimum Gasteiger partial charge on any atom is -0.484 e. The van der Waals surface area contributed by atoms with Gasteiger partial charge in [0.2, 0.25) is 0 Å². The molecule has 0 spiro atoms. The molecule has 1 N–H and O–H groups in total. The van der Waals surface area contributed by atoms with E-state index in [9.17, 15) is 0 Å². The van der Waals surface area contributed by atoms with Gasteiger partial charge in [-0.05, 0) is 18.2 Å². The summed E-state index contributed by atoms with van der Waals surface area (Å²) in [5.41, 5.74) is 1.08. The van der Waals surface area contributed by atoms with Crippen LogP contribution in [-0.2, 0) is 13.2 Å². The molecule has 0 bridgehead atoms. The van der Waals surface area contributed by atoms with Gasteiger partial charge in [-0.25, -0.2) is 0 Å². The van der Waals surface area contributed by atoms with Crippen molar-refractivity contribution in [3.05, 3.63) is 51.9 Å². The van der Waals surface area contributed by atoms with Crippen LogP contribution in [0.5, 0.6) is 5.75 Å². The molecule has 0 unspecified atom stereocenters. The van der Waals surface area contributed by atoms with Crippen molar-refractivity contribution in [3.63, 3.8) is 0 Å². The molecule has 3 nitrogen and oxygen atoms in total. The third kappa shape index (κ3) is 4.17. The molecule has 108 valence electrons. The maximum absolute atomic E-state index is 6.05. The van der Waals surface area contributed by atoms with E-state index in [4.69, 9.17) is 32.4 Å². The Hall–Kier alpha value is -1.16. The van der Waals surface area contributed by atoms with E-state index in [0.29, 0.717) is 28.4 Å². The third-order valence-electron chi connectivity index (χ3n) is 2.79. The van der Waals surface area contributed by atoms with Gasteiger partial charge in [-0.1, -0.05) is 37.0 Å². The molecule has 20 heavy (non-hydrogen) atoms. The van der Waals surface area contributed by atoms with Gasteiger partial charge in [-0.15, -0.1) is 0 Å². The fourth-order valence-corrected chi connectivity index (χ4v) is 2.03. The molecule has 1 aromatic heterocycles. The normalized spacial score (nSPS) is 11.1. The summed E-state index contributed by atoms with van der Waals surface area (Å²) in [5, 5.41) is 4.46. The van der Waals surface area contributed by atoms with Crippen LogP contribution in [0.25, 0.3) is 0 Å². The molecule has 0 amide bonds. The highest BCUT2D eigenvalue weighted by Crippen LogP contribution is 2.28. The zero-order valence-corrected chi connectivity index (χ0v) is 13.0. The van der Waals surface area contributed by atoms with Gasteiger partial charge in [-0.3, -0.25) is 0 Å². The van der Waals surface area contributed by atoms with Gasteiger partial charge in [0, 0.05) is 29.2 Å². The van der Waals surface area contributed by atoms with Crippen LogP contribution in [0.4, 0.5) is 0 Å². The molecular weight excluding hydrogens is 297 g/mol. The molecule has 0 radical (unpaired) electrons. The van der Waals surface area contributed by atoms with Crippen LogP contribution in [0, 0.1) is 0 Å². The summed E-state index contributed by atoms with van der Waals surface area (Å²) in [6, 6.07) is 7.48. The largest absolute Gasteiger partial charge is 0.484 e. The molecule has 2 aromatic rings. The van der Waals surface area contributed by atoms with Gasteiger partial charge < -0.3 is 14.5 Å². The zero-order chi connectivity index (χ0) is 14.5. The van der Waals surface area contributed by atoms with E-state index < -0.39 is 0 Å². The monoisotopic (exact) mass is 313 g/mol. The van der Waals surface area contributed by atoms with E-state index >= 15 is 0 Å². The molecule has 0 saturated carbocycles. The van der Waals surface area contributed by atoms with E-state index in [-0.39, 0.29) is 0 Å². The summed E-state index contributed by atoms with van der Waals surface area (Å²) in [5.74, 6) is 1.34. The van der Waals surface area contributed by atoms with E-state index in [0.717, 1.165) is 17.9 Å². The Kier molecular flexibility index (Phi) is 5.35. The molecular formula is C15H17Cl2NO2. The molecule has 0 atom stereocenters. The fourth-order valence-electron chi connectivity index (χ4n) is 1.70. The molecule has 5 heteroatoms. The Bertz CT molecular complexity index is 567. The first-order chi connectivity index (χ1) is 9.56. The average molecular weight is 314 g/mol. The minimum atomic E-state index is 0.322. The van der Waals surface area contributed by atoms with Crippen LogP contribution < -0.4 is 10.1 Å². The van der Waals surface area contributed by atoms with Gasteiger partial charge in [0.25, 0.3) is 0 Å². The van der Waals surface area contributed by atoms with Crippen LogP contribution in [0.3, 0.4) is 0 Å². The van der Waals surface area contributed by atoms with Gasteiger partial charge in [0.1, 0.15) is 18.1 Å². The highest BCUT2D eigenvalue weighted by atomic mass is 35.5. The van der Waals surface area contributed by atoms with Crippen LogP contribution in [0.15, 0.2) is 34.9 Å². The first-order valence-electron chi connectivity index (χ1n) is 6.42. The van der Waals surface area contributed by atoms with Crippen molar-refractivity contribution in [1.29, 1.82) is 0 Å². The lowest BCUT2D eigenvalue weighted by atomic mass is 10.2. The standard InChI is InChI=1S/C15H17Cl2NO2/c1-10(2)18-8-11-5-6-19-15(11)9-20-14-7-12(16)3-4-13(14)17/h3-7,10,18H,8-9H2,1-2H3. The second-order valence-corrected chi connectivity index (χ2v) is 5.61. The Morgan fingerprint density at radius 2 is 2.05 bits per heavy atom. The molecule has 2 rings (SSSR count). The smallest absolute Gasteiger partial charge is 0.146 e. The maximum Gasteiger partial charge on any atom is 0.146 e. The van der Waals surface area contributed by atoms with Crippen molar-refractivity contribution in [3.8, 4) is 5.75 Å². The Morgan fingerprint density at radius 3 is 2.80 bits per heavy atom. The van der Waals surface area contributed by atoms with Gasteiger partial charge >= 0.3 is 0 Å². The lowest BCUT2D eigenvalue weighted by Gasteiger charge is -2.10. The molecule has 0 aliphatic rings. The average Bonchev–Trinajstić information content (AvgIpc) is 2.85. The summed E-state index contributed by atoms with van der Waals surface area (Å²) in [4.78, 5) is 0. The van der Waals surface area contributed by atoms with Crippen molar-refractivity contribution in [2.45, 2.75) is 33.0 Å². The van der Waals surface area contributed by atoms with Crippen LogP contribution in [0.2, 0.25) is 10.0 Å². The SMILES string of the molecule is CC(C)NCc1ccoc1COc1cc(Cl)ccc1Cl. The van der Waals surface area contributed by atoms with E-state index in [2.05, 4.69) is 19.2 Å². The van der Waals surface area contributed by atoms with Gasteiger partial charge in [0.05, 0.1) is 11.3 Å². The number of benzene rings is 1. The third-order valence-corrected chi connectivity index (χ3v) is 3.34. The highest BCUT2D eigenvalue weighted by molar-refractivity contribution is 6.34. The molecule has 0 aliphatic heterocycles. The van der Waals surface area contributed by atoms with Gasteiger partial charge in [0.15, 0.2) is 0 Å². The maximum atomic E-state index is 6.05. The predicted molar refractivity (Wildman–Crippen MR) is 81.5 cm³/mol. The van der Waals surface area contributed by atoms with E-state index in [1.54, 1.807) is 24.5 Å². The number of hydrogen-bond donors (Lipinski definition) is 1. The topological polar surface area (TPSA) is 34.4 Å². The Morgan fingerprint density at radius 1 is 1.25 bits per heavy atom. The van der Waals surface area contributed by atoms with Crippen LogP contribution >= 0.6 is 23.2 Å². The lowest BCUT2D eigenvalue weighted by molar-refractivity contribution is 0.268. The summed E-state index contributed by atoms with van der Waals surface area (Å²) < 4.78 is 11.1. The molecule has 1 aromatic carbocycles. The zero-order valence-electron chi connectivity index (χ0n) is 11.5. The van der Waals surface area contributed by atoms with E-state index in [1.165, 1.54) is 0 Å². The summed E-state index contributed by atoms with van der Waals surface area (Å²) in [7, 11) is 0. The van der Waals surface area contributed by atoms with Crippen molar-refractivity contribution in [2.75, 3.05) is 0 Å². The molecule has 1 heterocycles. The van der Waals surface area contributed by atoms with Crippen molar-refractivity contribution in [2.24, 2.45) is 0 Å². The molecule has 0 fully saturated rings. The number of ether oxygens (including phenoxy) is 1. The number of furan rings is 1. The second kappa shape index (κ2) is 7.02. The summed E-state index contributed by atoms with van der Waals surface area (Å²) >= 11 is 12.0. The number of halogens is 2. The predicted octanol–water partition coefficient (Wildman–Crippen LogP) is 4.66. The lowest BCUT2D eigenvalue weighted by Crippen LogP contribution is -2.22. The molecule has 0 saturated heterocycles. The number of rotatable bonds is 6. The van der Waals surface area contributed by atoms with Crippen LogP contribution in [0.1, 0.15) is 25.2 Å². The highest BCUT2D eigenvalue weighted by Gasteiger charge is 2.09. The quantitative estimate of drug-likeness (QED) is 0.842. The summed E-state index contributed by atoms with van der Waals surface area (Å²) in [6.45, 7) is 5.27. The van der Waals surface area contributed by atoms with Crippen molar-refractivity contribution < 1.29 is 9.15 Å². The Labute approximate surface area is 128 Å². The fraction of sp³-hybridized carbons (Fsp3) is 0.333. The Balaban J connectivity index is 2.00. The van der Waals surface area contributed by atoms with Crippen LogP contribution in [-0.4, -0.2) is 6.04 Å². The van der Waals surface area contributed by atoms with Gasteiger partial charge in [-0.2, -0.15) is 0 Å². The second-order valence-electron chi connectivity index (χ2n) is 4.77. The van der Waals surface area contributed by atoms with E-state index in [1.807, 2.05) is 6.07 Å². The number of hydrogen-bond acceptors (Lipinski definition) is 3. The minimum absolute atomic E-state index is 0.322.